The highest BCUT2D eigenvalue weighted by atomic mass is 79.9. The highest BCUT2D eigenvalue weighted by molar-refractivity contribution is 9.10. The fraction of sp³-hybridized carbons (Fsp3) is 0.0833. The van der Waals surface area contributed by atoms with Crippen molar-refractivity contribution in [3.05, 3.63) is 45.6 Å². The average Bonchev–Trinajstić information content (AvgIpc) is 2.71. The molecule has 88 valence electrons. The van der Waals surface area contributed by atoms with Crippen LogP contribution in [0.3, 0.4) is 0 Å². The molecule has 3 nitrogen and oxygen atoms in total. The van der Waals surface area contributed by atoms with Crippen molar-refractivity contribution in [2.45, 2.75) is 0 Å². The van der Waals surface area contributed by atoms with E-state index in [2.05, 4.69) is 20.7 Å². The largest absolute Gasteiger partial charge is 0.463 e. The summed E-state index contributed by atoms with van der Waals surface area (Å²) in [6, 6.07) is 8.71. The van der Waals surface area contributed by atoms with Crippen molar-refractivity contribution < 1.29 is 13.9 Å². The third kappa shape index (κ3) is 2.53. The van der Waals surface area contributed by atoms with E-state index in [0.29, 0.717) is 15.3 Å². The minimum atomic E-state index is -0.508. The Hall–Kier alpha value is -1.26. The summed E-state index contributed by atoms with van der Waals surface area (Å²) in [4.78, 5) is 11.3. The van der Waals surface area contributed by atoms with E-state index in [9.17, 15) is 4.79 Å². The number of carbonyl (C=O) groups is 1. The number of furan rings is 1. The van der Waals surface area contributed by atoms with Crippen molar-refractivity contribution in [2.75, 3.05) is 7.11 Å². The van der Waals surface area contributed by atoms with E-state index in [1.807, 2.05) is 12.1 Å². The molecule has 5 heteroatoms. The van der Waals surface area contributed by atoms with E-state index in [1.165, 1.54) is 7.11 Å². The molecule has 2 rings (SSSR count). The molecule has 0 bridgehead atoms. The number of rotatable bonds is 2. The molecule has 0 saturated carbocycles. The van der Waals surface area contributed by atoms with Crippen molar-refractivity contribution in [3.8, 4) is 11.3 Å². The fourth-order valence-corrected chi connectivity index (χ4v) is 2.01. The van der Waals surface area contributed by atoms with Crippen LogP contribution in [0.5, 0.6) is 0 Å². The smallest absolute Gasteiger partial charge is 0.374 e. The molecule has 0 aliphatic heterocycles. The summed E-state index contributed by atoms with van der Waals surface area (Å²) >= 11 is 9.14. The maximum Gasteiger partial charge on any atom is 0.374 e. The van der Waals surface area contributed by atoms with Crippen molar-refractivity contribution in [3.63, 3.8) is 0 Å². The van der Waals surface area contributed by atoms with Gasteiger partial charge in [0, 0.05) is 16.7 Å². The molecule has 1 aromatic carbocycles. The average molecular weight is 316 g/mol. The summed E-state index contributed by atoms with van der Waals surface area (Å²) < 4.78 is 10.7. The van der Waals surface area contributed by atoms with Crippen molar-refractivity contribution in [1.29, 1.82) is 0 Å². The van der Waals surface area contributed by atoms with Gasteiger partial charge in [-0.3, -0.25) is 0 Å². The molecule has 0 spiro atoms. The van der Waals surface area contributed by atoms with Crippen LogP contribution in [0.1, 0.15) is 10.6 Å². The second kappa shape index (κ2) is 4.94. The maximum absolute atomic E-state index is 11.3. The fourth-order valence-electron chi connectivity index (χ4n) is 1.37. The van der Waals surface area contributed by atoms with Gasteiger partial charge in [-0.2, -0.15) is 0 Å². The number of methoxy groups -OCH3 is 1. The molecule has 0 fully saturated rings. The van der Waals surface area contributed by atoms with Crippen LogP contribution in [-0.4, -0.2) is 13.1 Å². The molecule has 0 amide bonds. The van der Waals surface area contributed by atoms with Crippen molar-refractivity contribution in [2.24, 2.45) is 0 Å². The Bertz CT molecular complexity index is 545. The minimum absolute atomic E-state index is 0.157. The standard InChI is InChI=1S/C12H8BrClO3/c1-16-12(15)10-6-9(13)11(17-10)7-2-4-8(14)5-3-7/h2-6H,1H3. The third-order valence-electron chi connectivity index (χ3n) is 2.18. The van der Waals surface area contributed by atoms with E-state index < -0.39 is 5.97 Å². The van der Waals surface area contributed by atoms with Crippen LogP contribution in [0.15, 0.2) is 39.2 Å². The first-order valence-electron chi connectivity index (χ1n) is 4.75. The first-order valence-corrected chi connectivity index (χ1v) is 5.92. The normalized spacial score (nSPS) is 10.3. The van der Waals surface area contributed by atoms with Gasteiger partial charge in [-0.15, -0.1) is 0 Å². The van der Waals surface area contributed by atoms with Crippen LogP contribution in [0.25, 0.3) is 11.3 Å². The Labute approximate surface area is 111 Å². The van der Waals surface area contributed by atoms with Gasteiger partial charge in [0.15, 0.2) is 0 Å². The van der Waals surface area contributed by atoms with E-state index >= 15 is 0 Å². The number of benzene rings is 1. The molecule has 1 heterocycles. The third-order valence-corrected chi connectivity index (χ3v) is 3.02. The van der Waals surface area contributed by atoms with Gasteiger partial charge in [0.2, 0.25) is 5.76 Å². The second-order valence-electron chi connectivity index (χ2n) is 3.29. The predicted octanol–water partition coefficient (Wildman–Crippen LogP) is 4.15. The summed E-state index contributed by atoms with van der Waals surface area (Å²) in [6.07, 6.45) is 0. The Morgan fingerprint density at radius 3 is 2.59 bits per heavy atom. The van der Waals surface area contributed by atoms with E-state index in [0.717, 1.165) is 5.56 Å². The topological polar surface area (TPSA) is 39.4 Å². The minimum Gasteiger partial charge on any atom is -0.463 e. The highest BCUT2D eigenvalue weighted by Crippen LogP contribution is 2.32. The number of halogens is 2. The monoisotopic (exact) mass is 314 g/mol. The summed E-state index contributed by atoms with van der Waals surface area (Å²) in [5.41, 5.74) is 0.830. The molecule has 17 heavy (non-hydrogen) atoms. The molecule has 0 N–H and O–H groups in total. The lowest BCUT2D eigenvalue weighted by molar-refractivity contribution is 0.0566. The SMILES string of the molecule is COC(=O)c1cc(Br)c(-c2ccc(Cl)cc2)o1. The van der Waals surface area contributed by atoms with Gasteiger partial charge < -0.3 is 9.15 Å². The van der Waals surface area contributed by atoms with E-state index in [4.69, 9.17) is 16.0 Å². The molecule has 2 aromatic rings. The first-order chi connectivity index (χ1) is 8.11. The molecular formula is C12H8BrClO3. The molecule has 0 saturated heterocycles. The van der Waals surface area contributed by atoms with E-state index in [1.54, 1.807) is 18.2 Å². The van der Waals surface area contributed by atoms with Gasteiger partial charge in [0.25, 0.3) is 0 Å². The van der Waals surface area contributed by atoms with Crippen LogP contribution in [0, 0.1) is 0 Å². The van der Waals surface area contributed by atoms with E-state index in [-0.39, 0.29) is 5.76 Å². The lowest BCUT2D eigenvalue weighted by Gasteiger charge is -1.98. The van der Waals surface area contributed by atoms with Gasteiger partial charge in [0.05, 0.1) is 11.6 Å². The second-order valence-corrected chi connectivity index (χ2v) is 4.58. The van der Waals surface area contributed by atoms with Gasteiger partial charge in [-0.05, 0) is 40.2 Å². The molecule has 0 unspecified atom stereocenters. The van der Waals surface area contributed by atoms with Crippen molar-refractivity contribution >= 4 is 33.5 Å². The lowest BCUT2D eigenvalue weighted by atomic mass is 10.2. The zero-order valence-corrected chi connectivity index (χ0v) is 11.2. The Kier molecular flexibility index (Phi) is 3.54. The highest BCUT2D eigenvalue weighted by Gasteiger charge is 2.16. The summed E-state index contributed by atoms with van der Waals surface area (Å²) in [7, 11) is 1.31. The van der Waals surface area contributed by atoms with Crippen LogP contribution >= 0.6 is 27.5 Å². The van der Waals surface area contributed by atoms with Gasteiger partial charge in [-0.25, -0.2) is 4.79 Å². The summed E-state index contributed by atoms with van der Waals surface area (Å²) in [5.74, 6) is 0.220. The Morgan fingerprint density at radius 1 is 1.35 bits per heavy atom. The Balaban J connectivity index is 2.42. The zero-order valence-electron chi connectivity index (χ0n) is 8.87. The summed E-state index contributed by atoms with van der Waals surface area (Å²) in [5, 5.41) is 0.643. The summed E-state index contributed by atoms with van der Waals surface area (Å²) in [6.45, 7) is 0. The number of carbonyl (C=O) groups excluding carboxylic acids is 1. The quantitative estimate of drug-likeness (QED) is 0.782. The van der Waals surface area contributed by atoms with Crippen LogP contribution < -0.4 is 0 Å². The molecule has 0 atom stereocenters. The van der Waals surface area contributed by atoms with Crippen LogP contribution in [-0.2, 0) is 4.74 Å². The maximum atomic E-state index is 11.3. The lowest BCUT2D eigenvalue weighted by Crippen LogP contribution is -1.98. The molecular weight excluding hydrogens is 307 g/mol. The van der Waals surface area contributed by atoms with Gasteiger partial charge >= 0.3 is 5.97 Å². The number of hydrogen-bond donors (Lipinski definition) is 0. The van der Waals surface area contributed by atoms with Crippen LogP contribution in [0.4, 0.5) is 0 Å². The van der Waals surface area contributed by atoms with Gasteiger partial charge in [-0.1, -0.05) is 11.6 Å². The van der Waals surface area contributed by atoms with Gasteiger partial charge in [0.1, 0.15) is 5.76 Å². The molecule has 0 radical (unpaired) electrons. The number of ether oxygens (including phenoxy) is 1. The first kappa shape index (κ1) is 12.2. The number of hydrogen-bond acceptors (Lipinski definition) is 3. The zero-order chi connectivity index (χ0) is 12.4. The molecule has 0 aliphatic rings. The Morgan fingerprint density at radius 2 is 2.00 bits per heavy atom. The number of esters is 1. The van der Waals surface area contributed by atoms with Crippen molar-refractivity contribution in [1.82, 2.24) is 0 Å². The molecule has 1 aromatic heterocycles. The molecule has 0 aliphatic carbocycles. The van der Waals surface area contributed by atoms with Crippen LogP contribution in [0.2, 0.25) is 5.02 Å². The predicted molar refractivity (Wildman–Crippen MR) is 68.2 cm³/mol.